The van der Waals surface area contributed by atoms with E-state index in [1.807, 2.05) is 32.2 Å². The molecule has 0 radical (unpaired) electrons. The molecule has 7 heteroatoms. The lowest BCUT2D eigenvalue weighted by molar-refractivity contribution is 0.382. The summed E-state index contributed by atoms with van der Waals surface area (Å²) >= 11 is 1.70. The maximum atomic E-state index is 5.50. The predicted octanol–water partition coefficient (Wildman–Crippen LogP) is 3.37. The van der Waals surface area contributed by atoms with Crippen molar-refractivity contribution in [3.05, 3.63) is 39.3 Å². The molecule has 6 nitrogen and oxygen atoms in total. The lowest BCUT2D eigenvalue weighted by atomic mass is 10.2. The number of hydrogen-bond acceptors (Lipinski definition) is 5. The first-order valence-corrected chi connectivity index (χ1v) is 9.43. The third-order valence-corrected chi connectivity index (χ3v) is 5.09. The lowest BCUT2D eigenvalue weighted by Crippen LogP contribution is -2.38. The topological polar surface area (TPSA) is 59.0 Å². The average Bonchev–Trinajstić information content (AvgIpc) is 2.96. The Bertz CT molecular complexity index is 738. The molecule has 142 valence electrons. The number of guanidine groups is 1. The minimum Gasteiger partial charge on any atom is -0.497 e. The number of thiazole rings is 1. The third kappa shape index (κ3) is 5.11. The van der Waals surface area contributed by atoms with Gasteiger partial charge >= 0.3 is 0 Å². The van der Waals surface area contributed by atoms with Crippen LogP contribution in [0.5, 0.6) is 11.5 Å². The molecule has 1 aromatic heterocycles. The molecule has 0 aliphatic heterocycles. The van der Waals surface area contributed by atoms with Crippen molar-refractivity contribution in [3.63, 3.8) is 0 Å². The second-order valence-electron chi connectivity index (χ2n) is 5.95. The summed E-state index contributed by atoms with van der Waals surface area (Å²) in [6.07, 6.45) is 0. The molecular weight excluding hydrogens is 348 g/mol. The Balaban J connectivity index is 2.14. The van der Waals surface area contributed by atoms with E-state index < -0.39 is 0 Å². The zero-order chi connectivity index (χ0) is 19.1. The van der Waals surface area contributed by atoms with Gasteiger partial charge in [-0.2, -0.15) is 0 Å². The van der Waals surface area contributed by atoms with Crippen molar-refractivity contribution in [2.24, 2.45) is 4.99 Å². The smallest absolute Gasteiger partial charge is 0.194 e. The van der Waals surface area contributed by atoms with Gasteiger partial charge in [0.15, 0.2) is 5.96 Å². The summed E-state index contributed by atoms with van der Waals surface area (Å²) in [5, 5.41) is 4.37. The van der Waals surface area contributed by atoms with Crippen molar-refractivity contribution in [1.82, 2.24) is 15.2 Å². The van der Waals surface area contributed by atoms with Gasteiger partial charge in [-0.25, -0.2) is 9.98 Å². The minimum absolute atomic E-state index is 0.575. The molecular formula is C19H28N4O2S. The molecule has 0 amide bonds. The monoisotopic (exact) mass is 376 g/mol. The fraction of sp³-hybridized carbons (Fsp3) is 0.474. The van der Waals surface area contributed by atoms with Crippen molar-refractivity contribution < 1.29 is 9.47 Å². The number of nitrogens with one attached hydrogen (secondary N) is 1. The Labute approximate surface area is 159 Å². The molecule has 0 aliphatic rings. The zero-order valence-corrected chi connectivity index (χ0v) is 17.2. The van der Waals surface area contributed by atoms with Crippen LogP contribution in [0.2, 0.25) is 0 Å². The zero-order valence-electron chi connectivity index (χ0n) is 16.4. The average molecular weight is 377 g/mol. The van der Waals surface area contributed by atoms with E-state index in [9.17, 15) is 0 Å². The van der Waals surface area contributed by atoms with Crippen LogP contribution in [0.25, 0.3) is 0 Å². The van der Waals surface area contributed by atoms with Gasteiger partial charge in [-0.15, -0.1) is 11.3 Å². The van der Waals surface area contributed by atoms with E-state index in [1.165, 1.54) is 4.88 Å². The Kier molecular flexibility index (Phi) is 7.26. The number of benzene rings is 1. The van der Waals surface area contributed by atoms with Gasteiger partial charge in [-0.1, -0.05) is 0 Å². The fourth-order valence-electron chi connectivity index (χ4n) is 2.53. The van der Waals surface area contributed by atoms with Crippen molar-refractivity contribution >= 4 is 17.3 Å². The molecule has 1 heterocycles. The van der Waals surface area contributed by atoms with Crippen LogP contribution in [-0.2, 0) is 13.1 Å². The predicted molar refractivity (Wildman–Crippen MR) is 107 cm³/mol. The largest absolute Gasteiger partial charge is 0.497 e. The highest BCUT2D eigenvalue weighted by Crippen LogP contribution is 2.25. The van der Waals surface area contributed by atoms with Crippen LogP contribution in [0.1, 0.15) is 28.1 Å². The Morgan fingerprint density at radius 2 is 2.04 bits per heavy atom. The number of rotatable bonds is 7. The number of nitrogens with zero attached hydrogens (tertiary/aromatic N) is 3. The first kappa shape index (κ1) is 20.0. The van der Waals surface area contributed by atoms with E-state index in [2.05, 4.69) is 29.0 Å². The highest BCUT2D eigenvalue weighted by Gasteiger charge is 2.12. The van der Waals surface area contributed by atoms with Crippen LogP contribution in [0.4, 0.5) is 0 Å². The first-order chi connectivity index (χ1) is 12.5. The third-order valence-electron chi connectivity index (χ3n) is 4.04. The van der Waals surface area contributed by atoms with Crippen LogP contribution in [0, 0.1) is 13.8 Å². The van der Waals surface area contributed by atoms with Crippen LogP contribution in [0.3, 0.4) is 0 Å². The van der Waals surface area contributed by atoms with Crippen molar-refractivity contribution in [3.8, 4) is 11.5 Å². The minimum atomic E-state index is 0.575. The number of aryl methyl sites for hydroxylation is 2. The van der Waals surface area contributed by atoms with Crippen LogP contribution in [-0.4, -0.2) is 43.7 Å². The summed E-state index contributed by atoms with van der Waals surface area (Å²) in [4.78, 5) is 12.6. The molecule has 0 fully saturated rings. The van der Waals surface area contributed by atoms with Gasteiger partial charge in [0.05, 0.1) is 26.5 Å². The summed E-state index contributed by atoms with van der Waals surface area (Å²) in [5.74, 6) is 2.43. The van der Waals surface area contributed by atoms with Gasteiger partial charge in [-0.3, -0.25) is 0 Å². The first-order valence-electron chi connectivity index (χ1n) is 8.61. The molecule has 1 aromatic carbocycles. The number of methoxy groups -OCH3 is 2. The second kappa shape index (κ2) is 9.43. The maximum absolute atomic E-state index is 5.50. The standard InChI is InChI=1S/C19H28N4O2S/c1-7-20-19(21-11-18-22-13(2)14(3)26-18)23(4)12-15-8-9-16(24-5)10-17(15)25-6/h8-10H,7,11-12H2,1-6H3,(H,20,21). The quantitative estimate of drug-likeness (QED) is 0.593. The number of ether oxygens (including phenoxy) is 2. The molecule has 0 saturated heterocycles. The molecule has 0 bridgehead atoms. The number of aliphatic imine (C=N–C) groups is 1. The molecule has 0 aliphatic carbocycles. The SMILES string of the molecule is CCNC(=NCc1nc(C)c(C)s1)N(C)Cc1ccc(OC)cc1OC. The van der Waals surface area contributed by atoms with Gasteiger partial charge < -0.3 is 19.7 Å². The lowest BCUT2D eigenvalue weighted by Gasteiger charge is -2.23. The number of aromatic nitrogens is 1. The fourth-order valence-corrected chi connectivity index (χ4v) is 3.39. The Morgan fingerprint density at radius 3 is 2.62 bits per heavy atom. The van der Waals surface area contributed by atoms with Gasteiger partial charge in [0, 0.05) is 36.6 Å². The van der Waals surface area contributed by atoms with E-state index in [0.717, 1.165) is 40.3 Å². The Hall–Kier alpha value is -2.28. The van der Waals surface area contributed by atoms with Crippen LogP contribution < -0.4 is 14.8 Å². The summed E-state index contributed by atoms with van der Waals surface area (Å²) in [7, 11) is 5.34. The second-order valence-corrected chi connectivity index (χ2v) is 7.24. The summed E-state index contributed by atoms with van der Waals surface area (Å²) < 4.78 is 10.8. The highest BCUT2D eigenvalue weighted by atomic mass is 32.1. The molecule has 0 saturated carbocycles. The van der Waals surface area contributed by atoms with Gasteiger partial charge in [0.25, 0.3) is 0 Å². The maximum Gasteiger partial charge on any atom is 0.194 e. The molecule has 0 atom stereocenters. The normalized spacial score (nSPS) is 11.4. The van der Waals surface area contributed by atoms with Gasteiger partial charge in [0.2, 0.25) is 0 Å². The van der Waals surface area contributed by atoms with Crippen molar-refractivity contribution in [2.75, 3.05) is 27.8 Å². The Morgan fingerprint density at radius 1 is 1.27 bits per heavy atom. The summed E-state index contributed by atoms with van der Waals surface area (Å²) in [6, 6.07) is 5.86. The van der Waals surface area contributed by atoms with E-state index >= 15 is 0 Å². The molecule has 0 spiro atoms. The molecule has 2 rings (SSSR count). The molecule has 0 unspecified atom stereocenters. The molecule has 26 heavy (non-hydrogen) atoms. The van der Waals surface area contributed by atoms with Gasteiger partial charge in [0.1, 0.15) is 16.5 Å². The van der Waals surface area contributed by atoms with E-state index in [4.69, 9.17) is 14.5 Å². The van der Waals surface area contributed by atoms with E-state index in [1.54, 1.807) is 25.6 Å². The molecule has 1 N–H and O–H groups in total. The highest BCUT2D eigenvalue weighted by molar-refractivity contribution is 7.11. The summed E-state index contributed by atoms with van der Waals surface area (Å²) in [5.41, 5.74) is 2.16. The van der Waals surface area contributed by atoms with Crippen molar-refractivity contribution in [1.29, 1.82) is 0 Å². The van der Waals surface area contributed by atoms with Crippen LogP contribution in [0.15, 0.2) is 23.2 Å². The van der Waals surface area contributed by atoms with Gasteiger partial charge in [-0.05, 0) is 32.9 Å². The van der Waals surface area contributed by atoms with E-state index in [-0.39, 0.29) is 0 Å². The summed E-state index contributed by atoms with van der Waals surface area (Å²) in [6.45, 7) is 8.24. The van der Waals surface area contributed by atoms with Crippen molar-refractivity contribution in [2.45, 2.75) is 33.9 Å². The number of hydrogen-bond donors (Lipinski definition) is 1. The van der Waals surface area contributed by atoms with Crippen LogP contribution >= 0.6 is 11.3 Å². The molecule has 2 aromatic rings. The van der Waals surface area contributed by atoms with E-state index in [0.29, 0.717) is 13.1 Å².